The molecule has 0 saturated carbocycles. The van der Waals surface area contributed by atoms with E-state index in [0.29, 0.717) is 13.0 Å². The van der Waals surface area contributed by atoms with E-state index in [9.17, 15) is 8.42 Å². The Morgan fingerprint density at radius 3 is 2.18 bits per heavy atom. The summed E-state index contributed by atoms with van der Waals surface area (Å²) >= 11 is 0. The van der Waals surface area contributed by atoms with Gasteiger partial charge in [0.1, 0.15) is 6.33 Å². The van der Waals surface area contributed by atoms with Gasteiger partial charge >= 0.3 is 0 Å². The summed E-state index contributed by atoms with van der Waals surface area (Å²) < 4.78 is 27.1. The molecule has 1 aromatic heterocycles. The molecule has 0 radical (unpaired) electrons. The smallest absolute Gasteiger partial charge is 0.240 e. The molecule has 118 valence electrons. The lowest BCUT2D eigenvalue weighted by atomic mass is 9.87. The number of hydrogen-bond donors (Lipinski definition) is 1. The van der Waals surface area contributed by atoms with Crippen LogP contribution in [0.25, 0.3) is 0 Å². The zero-order chi connectivity index (χ0) is 16.2. The van der Waals surface area contributed by atoms with Gasteiger partial charge in [0.15, 0.2) is 0 Å². The van der Waals surface area contributed by atoms with Gasteiger partial charge in [0.25, 0.3) is 0 Å². The van der Waals surface area contributed by atoms with Crippen molar-refractivity contribution in [2.75, 3.05) is 6.54 Å². The maximum absolute atomic E-state index is 12.2. The monoisotopic (exact) mass is 319 g/mol. The van der Waals surface area contributed by atoms with Crippen LogP contribution < -0.4 is 4.72 Å². The molecule has 0 aliphatic heterocycles. The molecular weight excluding hydrogens is 298 g/mol. The summed E-state index contributed by atoms with van der Waals surface area (Å²) in [6, 6.07) is 7.02. The predicted molar refractivity (Wildman–Crippen MR) is 86.1 cm³/mol. The Labute approximate surface area is 131 Å². The lowest BCUT2D eigenvalue weighted by Crippen LogP contribution is -2.26. The van der Waals surface area contributed by atoms with E-state index in [1.807, 2.05) is 12.1 Å². The first-order valence-electron chi connectivity index (χ1n) is 7.13. The van der Waals surface area contributed by atoms with E-state index in [4.69, 9.17) is 0 Å². The van der Waals surface area contributed by atoms with Gasteiger partial charge in [0.05, 0.1) is 4.90 Å². The Balaban J connectivity index is 2.01. The summed E-state index contributed by atoms with van der Waals surface area (Å²) in [6.07, 6.45) is 5.36. The molecule has 1 heterocycles. The molecule has 1 aromatic carbocycles. The number of aromatic nitrogens is 2. The lowest BCUT2D eigenvalue weighted by Gasteiger charge is -2.19. The van der Waals surface area contributed by atoms with Gasteiger partial charge in [-0.25, -0.2) is 23.1 Å². The minimum absolute atomic E-state index is 0.00301. The van der Waals surface area contributed by atoms with Crippen molar-refractivity contribution in [3.8, 4) is 0 Å². The SMILES string of the molecule is CC(C)(C)c1ccc(S(=O)(=O)NCCc2cncnc2)cc1. The minimum Gasteiger partial charge on any atom is -0.245 e. The molecule has 0 spiro atoms. The summed E-state index contributed by atoms with van der Waals surface area (Å²) in [4.78, 5) is 8.09. The number of sulfonamides is 1. The fourth-order valence-electron chi connectivity index (χ4n) is 2.01. The van der Waals surface area contributed by atoms with Crippen molar-refractivity contribution in [2.45, 2.75) is 37.5 Å². The van der Waals surface area contributed by atoms with Gasteiger partial charge in [-0.05, 0) is 35.1 Å². The molecule has 0 aliphatic rings. The van der Waals surface area contributed by atoms with E-state index in [-0.39, 0.29) is 10.3 Å². The molecule has 2 rings (SSSR count). The van der Waals surface area contributed by atoms with Crippen LogP contribution in [0.4, 0.5) is 0 Å². The Morgan fingerprint density at radius 2 is 1.64 bits per heavy atom. The molecule has 22 heavy (non-hydrogen) atoms. The summed E-state index contributed by atoms with van der Waals surface area (Å²) in [5, 5.41) is 0. The zero-order valence-corrected chi connectivity index (χ0v) is 13.9. The second-order valence-corrected chi connectivity index (χ2v) is 7.94. The number of benzene rings is 1. The fraction of sp³-hybridized carbons (Fsp3) is 0.375. The zero-order valence-electron chi connectivity index (χ0n) is 13.1. The summed E-state index contributed by atoms with van der Waals surface area (Å²) in [7, 11) is -3.48. The third-order valence-corrected chi connectivity index (χ3v) is 4.83. The highest BCUT2D eigenvalue weighted by Gasteiger charge is 2.17. The second kappa shape index (κ2) is 6.54. The highest BCUT2D eigenvalue weighted by atomic mass is 32.2. The first-order chi connectivity index (χ1) is 10.3. The van der Waals surface area contributed by atoms with Gasteiger partial charge in [0, 0.05) is 18.9 Å². The molecule has 0 saturated heterocycles. The van der Waals surface area contributed by atoms with Crippen LogP contribution in [0.3, 0.4) is 0 Å². The topological polar surface area (TPSA) is 72.0 Å². The normalized spacial score (nSPS) is 12.3. The largest absolute Gasteiger partial charge is 0.245 e. The Bertz CT molecular complexity index is 705. The Morgan fingerprint density at radius 1 is 1.05 bits per heavy atom. The highest BCUT2D eigenvalue weighted by Crippen LogP contribution is 2.23. The van der Waals surface area contributed by atoms with Crippen LogP contribution in [0.2, 0.25) is 0 Å². The molecule has 0 bridgehead atoms. The van der Waals surface area contributed by atoms with Crippen LogP contribution >= 0.6 is 0 Å². The van der Waals surface area contributed by atoms with E-state index in [2.05, 4.69) is 35.5 Å². The molecule has 6 heteroatoms. The molecule has 0 atom stereocenters. The predicted octanol–water partition coefficient (Wildman–Crippen LogP) is 2.30. The van der Waals surface area contributed by atoms with Crippen molar-refractivity contribution in [2.24, 2.45) is 0 Å². The van der Waals surface area contributed by atoms with E-state index >= 15 is 0 Å². The van der Waals surface area contributed by atoms with E-state index < -0.39 is 10.0 Å². The second-order valence-electron chi connectivity index (χ2n) is 6.17. The quantitative estimate of drug-likeness (QED) is 0.918. The van der Waals surface area contributed by atoms with Crippen molar-refractivity contribution < 1.29 is 8.42 Å². The molecule has 2 aromatic rings. The van der Waals surface area contributed by atoms with Crippen LogP contribution in [0.1, 0.15) is 31.9 Å². The molecule has 0 unspecified atom stereocenters. The molecule has 1 N–H and O–H groups in total. The average molecular weight is 319 g/mol. The van der Waals surface area contributed by atoms with Crippen molar-refractivity contribution in [1.29, 1.82) is 0 Å². The van der Waals surface area contributed by atoms with Crippen LogP contribution in [0.5, 0.6) is 0 Å². The lowest BCUT2D eigenvalue weighted by molar-refractivity contribution is 0.578. The molecule has 0 fully saturated rings. The summed E-state index contributed by atoms with van der Waals surface area (Å²) in [6.45, 7) is 6.60. The maximum atomic E-state index is 12.2. The third kappa shape index (κ3) is 4.35. The van der Waals surface area contributed by atoms with Gasteiger partial charge in [-0.2, -0.15) is 0 Å². The van der Waals surface area contributed by atoms with Gasteiger partial charge in [-0.1, -0.05) is 32.9 Å². The van der Waals surface area contributed by atoms with Crippen LogP contribution in [0.15, 0.2) is 47.9 Å². The molecule has 5 nitrogen and oxygen atoms in total. The van der Waals surface area contributed by atoms with Gasteiger partial charge in [-0.15, -0.1) is 0 Å². The number of hydrogen-bond acceptors (Lipinski definition) is 4. The summed E-state index contributed by atoms with van der Waals surface area (Å²) in [5.41, 5.74) is 2.00. The number of nitrogens with one attached hydrogen (secondary N) is 1. The van der Waals surface area contributed by atoms with E-state index in [1.54, 1.807) is 24.5 Å². The van der Waals surface area contributed by atoms with Crippen LogP contribution in [0, 0.1) is 0 Å². The van der Waals surface area contributed by atoms with Gasteiger partial charge in [0.2, 0.25) is 10.0 Å². The first kappa shape index (κ1) is 16.6. The molecule has 0 amide bonds. The van der Waals surface area contributed by atoms with Gasteiger partial charge < -0.3 is 0 Å². The Kier molecular flexibility index (Phi) is 4.93. The van der Waals surface area contributed by atoms with Gasteiger partial charge in [-0.3, -0.25) is 0 Å². The first-order valence-corrected chi connectivity index (χ1v) is 8.61. The highest BCUT2D eigenvalue weighted by molar-refractivity contribution is 7.89. The molecular formula is C16H21N3O2S. The fourth-order valence-corrected chi connectivity index (χ4v) is 3.04. The van der Waals surface area contributed by atoms with Crippen molar-refractivity contribution in [3.63, 3.8) is 0 Å². The van der Waals surface area contributed by atoms with Crippen molar-refractivity contribution >= 4 is 10.0 Å². The van der Waals surface area contributed by atoms with Crippen LogP contribution in [-0.4, -0.2) is 24.9 Å². The van der Waals surface area contributed by atoms with Crippen molar-refractivity contribution in [3.05, 3.63) is 54.1 Å². The minimum atomic E-state index is -3.48. The Hall–Kier alpha value is -1.79. The standard InChI is InChI=1S/C16H21N3O2S/c1-16(2,3)14-4-6-15(7-5-14)22(20,21)19-9-8-13-10-17-12-18-11-13/h4-7,10-12,19H,8-9H2,1-3H3. The van der Waals surface area contributed by atoms with Crippen LogP contribution in [-0.2, 0) is 21.9 Å². The molecule has 0 aliphatic carbocycles. The number of nitrogens with zero attached hydrogens (tertiary/aromatic N) is 2. The third-order valence-electron chi connectivity index (χ3n) is 3.35. The average Bonchev–Trinajstić information content (AvgIpc) is 2.47. The van der Waals surface area contributed by atoms with E-state index in [0.717, 1.165) is 11.1 Å². The maximum Gasteiger partial charge on any atom is 0.240 e. The summed E-state index contributed by atoms with van der Waals surface area (Å²) in [5.74, 6) is 0. The van der Waals surface area contributed by atoms with Crippen molar-refractivity contribution in [1.82, 2.24) is 14.7 Å². The number of rotatable bonds is 5. The van der Waals surface area contributed by atoms with E-state index in [1.165, 1.54) is 6.33 Å².